The minimum atomic E-state index is -3.16. The molecule has 1 aromatic carbocycles. The Hall–Kier alpha value is -0.550. The van der Waals surface area contributed by atoms with E-state index in [0.717, 1.165) is 23.7 Å². The molecule has 16 heavy (non-hydrogen) atoms. The minimum absolute atomic E-state index is 0.255. The van der Waals surface area contributed by atoms with Gasteiger partial charge in [-0.2, -0.15) is 0 Å². The molecular formula is C11H14BrNO2S. The highest BCUT2D eigenvalue weighted by Gasteiger charge is 2.27. The molecule has 1 aliphatic rings. The molecular weight excluding hydrogens is 290 g/mol. The van der Waals surface area contributed by atoms with Crippen molar-refractivity contribution >= 4 is 31.6 Å². The van der Waals surface area contributed by atoms with E-state index >= 15 is 0 Å². The zero-order valence-corrected chi connectivity index (χ0v) is 11.2. The highest BCUT2D eigenvalue weighted by atomic mass is 79.9. The smallest absolute Gasteiger partial charge is 0.232 e. The fraction of sp³-hybridized carbons (Fsp3) is 0.455. The van der Waals surface area contributed by atoms with E-state index in [-0.39, 0.29) is 5.75 Å². The molecule has 3 nitrogen and oxygen atoms in total. The van der Waals surface area contributed by atoms with Crippen molar-refractivity contribution in [2.24, 2.45) is 5.92 Å². The molecule has 1 aromatic rings. The summed E-state index contributed by atoms with van der Waals surface area (Å²) in [4.78, 5) is 0. The number of halogens is 1. The second-order valence-electron chi connectivity index (χ2n) is 4.16. The zero-order chi connectivity index (χ0) is 11.6. The summed E-state index contributed by atoms with van der Waals surface area (Å²) in [6.07, 6.45) is 2.09. The standard InChI is InChI=1S/C11H14BrNO2S/c12-7-10-2-1-3-11(6-10)13-16(14,15)8-9-4-5-9/h1-3,6,9,13H,4-5,7-8H2. The average Bonchev–Trinajstić information content (AvgIpc) is 3.00. The van der Waals surface area contributed by atoms with Crippen LogP contribution in [0.3, 0.4) is 0 Å². The third-order valence-corrected chi connectivity index (χ3v) is 4.61. The molecule has 0 aliphatic heterocycles. The molecule has 0 bridgehead atoms. The van der Waals surface area contributed by atoms with Crippen molar-refractivity contribution in [2.75, 3.05) is 10.5 Å². The number of sulfonamides is 1. The summed E-state index contributed by atoms with van der Waals surface area (Å²) in [5.41, 5.74) is 1.71. The van der Waals surface area contributed by atoms with E-state index in [0.29, 0.717) is 11.6 Å². The summed E-state index contributed by atoms with van der Waals surface area (Å²) in [6, 6.07) is 7.43. The molecule has 0 radical (unpaired) electrons. The molecule has 1 aliphatic carbocycles. The minimum Gasteiger partial charge on any atom is -0.284 e. The van der Waals surface area contributed by atoms with Gasteiger partial charge in [0.05, 0.1) is 5.75 Å². The van der Waals surface area contributed by atoms with Crippen molar-refractivity contribution in [3.63, 3.8) is 0 Å². The Bertz CT molecular complexity index is 469. The van der Waals surface area contributed by atoms with Gasteiger partial charge in [0.15, 0.2) is 0 Å². The molecule has 0 amide bonds. The first-order chi connectivity index (χ1) is 7.59. The Morgan fingerprint density at radius 1 is 1.38 bits per heavy atom. The van der Waals surface area contributed by atoms with Gasteiger partial charge in [-0.15, -0.1) is 0 Å². The van der Waals surface area contributed by atoms with Gasteiger partial charge in [-0.05, 0) is 36.5 Å². The van der Waals surface area contributed by atoms with Crippen LogP contribution < -0.4 is 4.72 Å². The summed E-state index contributed by atoms with van der Waals surface area (Å²) in [7, 11) is -3.16. The third-order valence-electron chi connectivity index (χ3n) is 2.51. The van der Waals surface area contributed by atoms with Gasteiger partial charge in [0, 0.05) is 11.0 Å². The van der Waals surface area contributed by atoms with Crippen LogP contribution in [-0.2, 0) is 15.4 Å². The summed E-state index contributed by atoms with van der Waals surface area (Å²) in [5.74, 6) is 0.628. The predicted octanol–water partition coefficient (Wildman–Crippen LogP) is 2.73. The number of rotatable bonds is 5. The fourth-order valence-corrected chi connectivity index (χ4v) is 3.41. The van der Waals surface area contributed by atoms with E-state index in [9.17, 15) is 8.42 Å². The lowest BCUT2D eigenvalue weighted by molar-refractivity contribution is 0.597. The highest BCUT2D eigenvalue weighted by molar-refractivity contribution is 9.08. The van der Waals surface area contributed by atoms with Gasteiger partial charge in [0.25, 0.3) is 0 Å². The second kappa shape index (κ2) is 4.75. The average molecular weight is 304 g/mol. The molecule has 0 heterocycles. The Morgan fingerprint density at radius 2 is 2.12 bits per heavy atom. The topological polar surface area (TPSA) is 46.2 Å². The van der Waals surface area contributed by atoms with E-state index in [4.69, 9.17) is 0 Å². The fourth-order valence-electron chi connectivity index (χ4n) is 1.53. The summed E-state index contributed by atoms with van der Waals surface area (Å²) in [5, 5.41) is 0.727. The summed E-state index contributed by atoms with van der Waals surface area (Å²) in [6.45, 7) is 0. The number of benzene rings is 1. The van der Waals surface area contributed by atoms with Gasteiger partial charge in [-0.25, -0.2) is 8.42 Å². The monoisotopic (exact) mass is 303 g/mol. The van der Waals surface area contributed by atoms with Gasteiger partial charge in [0.1, 0.15) is 0 Å². The Balaban J connectivity index is 2.06. The highest BCUT2D eigenvalue weighted by Crippen LogP contribution is 2.30. The van der Waals surface area contributed by atoms with E-state index in [2.05, 4.69) is 20.7 Å². The maximum Gasteiger partial charge on any atom is 0.232 e. The maximum absolute atomic E-state index is 11.7. The Labute approximate surface area is 104 Å². The zero-order valence-electron chi connectivity index (χ0n) is 8.82. The molecule has 2 rings (SSSR count). The van der Waals surface area contributed by atoms with E-state index in [1.807, 2.05) is 18.2 Å². The molecule has 0 aromatic heterocycles. The van der Waals surface area contributed by atoms with Crippen molar-refractivity contribution in [2.45, 2.75) is 18.2 Å². The van der Waals surface area contributed by atoms with Crippen LogP contribution in [0.4, 0.5) is 5.69 Å². The summed E-state index contributed by atoms with van der Waals surface area (Å²) >= 11 is 3.34. The molecule has 88 valence electrons. The Kier molecular flexibility index (Phi) is 3.54. The quantitative estimate of drug-likeness (QED) is 0.850. The third kappa shape index (κ3) is 3.49. The van der Waals surface area contributed by atoms with Crippen LogP contribution in [0.1, 0.15) is 18.4 Å². The first kappa shape index (κ1) is 11.9. The molecule has 0 spiro atoms. The van der Waals surface area contributed by atoms with E-state index in [1.165, 1.54) is 0 Å². The summed E-state index contributed by atoms with van der Waals surface area (Å²) < 4.78 is 26.1. The van der Waals surface area contributed by atoms with Crippen LogP contribution in [0.25, 0.3) is 0 Å². The first-order valence-electron chi connectivity index (χ1n) is 5.24. The number of hydrogen-bond acceptors (Lipinski definition) is 2. The number of anilines is 1. The van der Waals surface area contributed by atoms with Crippen molar-refractivity contribution in [3.8, 4) is 0 Å². The number of hydrogen-bond donors (Lipinski definition) is 1. The van der Waals surface area contributed by atoms with Crippen LogP contribution in [-0.4, -0.2) is 14.2 Å². The molecule has 0 saturated heterocycles. The molecule has 1 N–H and O–H groups in total. The molecule has 5 heteroatoms. The van der Waals surface area contributed by atoms with Gasteiger partial charge in [-0.1, -0.05) is 28.1 Å². The second-order valence-corrected chi connectivity index (χ2v) is 6.49. The largest absolute Gasteiger partial charge is 0.284 e. The van der Waals surface area contributed by atoms with Crippen molar-refractivity contribution in [1.29, 1.82) is 0 Å². The lowest BCUT2D eigenvalue weighted by Crippen LogP contribution is -2.17. The van der Waals surface area contributed by atoms with Crippen LogP contribution >= 0.6 is 15.9 Å². The molecule has 0 unspecified atom stereocenters. The van der Waals surface area contributed by atoms with Gasteiger partial charge in [0.2, 0.25) is 10.0 Å². The van der Waals surface area contributed by atoms with E-state index in [1.54, 1.807) is 6.07 Å². The van der Waals surface area contributed by atoms with Crippen molar-refractivity contribution in [3.05, 3.63) is 29.8 Å². The number of alkyl halides is 1. The molecule has 0 atom stereocenters. The SMILES string of the molecule is O=S(=O)(CC1CC1)Nc1cccc(CBr)c1. The van der Waals surface area contributed by atoms with Crippen LogP contribution in [0.15, 0.2) is 24.3 Å². The van der Waals surface area contributed by atoms with Crippen LogP contribution in [0.5, 0.6) is 0 Å². The van der Waals surface area contributed by atoms with Gasteiger partial charge >= 0.3 is 0 Å². The normalized spacial score (nSPS) is 16.1. The lowest BCUT2D eigenvalue weighted by Gasteiger charge is -2.08. The lowest BCUT2D eigenvalue weighted by atomic mass is 10.2. The molecule has 1 saturated carbocycles. The van der Waals surface area contributed by atoms with Gasteiger partial charge < -0.3 is 0 Å². The Morgan fingerprint density at radius 3 is 2.75 bits per heavy atom. The van der Waals surface area contributed by atoms with Crippen molar-refractivity contribution in [1.82, 2.24) is 0 Å². The number of nitrogens with one attached hydrogen (secondary N) is 1. The van der Waals surface area contributed by atoms with Crippen molar-refractivity contribution < 1.29 is 8.42 Å². The van der Waals surface area contributed by atoms with E-state index < -0.39 is 10.0 Å². The van der Waals surface area contributed by atoms with Gasteiger partial charge in [-0.3, -0.25) is 4.72 Å². The predicted molar refractivity (Wildman–Crippen MR) is 69.2 cm³/mol. The van der Waals surface area contributed by atoms with Crippen LogP contribution in [0.2, 0.25) is 0 Å². The van der Waals surface area contributed by atoms with Crippen LogP contribution in [0, 0.1) is 5.92 Å². The maximum atomic E-state index is 11.7. The first-order valence-corrected chi connectivity index (χ1v) is 8.02. The molecule has 1 fully saturated rings.